The molecule has 2 atom stereocenters. The maximum atomic E-state index is 5.94. The molecule has 1 heterocycles. The first kappa shape index (κ1) is 11.3. The monoisotopic (exact) mass is 220 g/mol. The molecule has 0 spiro atoms. The smallest absolute Gasteiger partial charge is 0.0726 e. The Morgan fingerprint density at radius 2 is 1.88 bits per heavy atom. The van der Waals surface area contributed by atoms with Crippen LogP contribution in [0, 0.1) is 6.92 Å². The highest BCUT2D eigenvalue weighted by molar-refractivity contribution is 5.64. The summed E-state index contributed by atoms with van der Waals surface area (Å²) in [5.74, 6) is 0. The quantitative estimate of drug-likeness (QED) is 0.737. The van der Waals surface area contributed by atoms with Gasteiger partial charge in [0.15, 0.2) is 0 Å². The second-order valence-corrected chi connectivity index (χ2v) is 4.65. The van der Waals surface area contributed by atoms with Gasteiger partial charge in [-0.2, -0.15) is 0 Å². The van der Waals surface area contributed by atoms with Crippen molar-refractivity contribution in [3.8, 4) is 0 Å². The van der Waals surface area contributed by atoms with E-state index in [1.807, 2.05) is 12.1 Å². The number of anilines is 2. The summed E-state index contributed by atoms with van der Waals surface area (Å²) in [6.07, 6.45) is 0.564. The molecule has 1 fully saturated rings. The number of nitrogen functional groups attached to an aromatic ring is 1. The Balaban J connectivity index is 2.26. The summed E-state index contributed by atoms with van der Waals surface area (Å²) in [4.78, 5) is 2.37. The number of hydrogen-bond donors (Lipinski definition) is 1. The normalized spacial score (nSPS) is 25.8. The fourth-order valence-electron chi connectivity index (χ4n) is 2.36. The lowest BCUT2D eigenvalue weighted by atomic mass is 10.1. The molecule has 2 rings (SSSR count). The minimum atomic E-state index is 0.282. The molecule has 1 aromatic carbocycles. The largest absolute Gasteiger partial charge is 0.398 e. The summed E-state index contributed by atoms with van der Waals surface area (Å²) in [5, 5.41) is 0. The summed E-state index contributed by atoms with van der Waals surface area (Å²) >= 11 is 0. The number of rotatable bonds is 1. The van der Waals surface area contributed by atoms with Crippen molar-refractivity contribution in [1.82, 2.24) is 0 Å². The van der Waals surface area contributed by atoms with Gasteiger partial charge < -0.3 is 15.4 Å². The van der Waals surface area contributed by atoms with Crippen molar-refractivity contribution >= 4 is 11.4 Å². The molecule has 0 aliphatic carbocycles. The molecule has 0 saturated carbocycles. The van der Waals surface area contributed by atoms with Gasteiger partial charge in [-0.25, -0.2) is 0 Å². The Labute approximate surface area is 97.2 Å². The summed E-state index contributed by atoms with van der Waals surface area (Å²) < 4.78 is 5.74. The maximum Gasteiger partial charge on any atom is 0.0726 e. The van der Waals surface area contributed by atoms with E-state index in [2.05, 4.69) is 31.7 Å². The lowest BCUT2D eigenvalue weighted by Crippen LogP contribution is -2.45. The third-order valence-corrected chi connectivity index (χ3v) is 3.11. The third kappa shape index (κ3) is 2.14. The fourth-order valence-corrected chi connectivity index (χ4v) is 2.36. The summed E-state index contributed by atoms with van der Waals surface area (Å²) in [7, 11) is 0. The van der Waals surface area contributed by atoms with Crippen LogP contribution in [0.4, 0.5) is 11.4 Å². The van der Waals surface area contributed by atoms with Gasteiger partial charge >= 0.3 is 0 Å². The standard InChI is InChI=1S/C13H20N2O/c1-9-7-15(8-10(2)16-9)13-6-4-5-12(14)11(13)3/h4-6,9-10H,7-8,14H2,1-3H3/t9-,10+. The van der Waals surface area contributed by atoms with Crippen molar-refractivity contribution in [2.24, 2.45) is 0 Å². The van der Waals surface area contributed by atoms with Gasteiger partial charge in [-0.05, 0) is 38.5 Å². The van der Waals surface area contributed by atoms with E-state index >= 15 is 0 Å². The molecule has 1 aliphatic heterocycles. The second-order valence-electron chi connectivity index (χ2n) is 4.65. The number of nitrogens with two attached hydrogens (primary N) is 1. The van der Waals surface area contributed by atoms with E-state index in [-0.39, 0.29) is 12.2 Å². The predicted molar refractivity (Wildman–Crippen MR) is 67.8 cm³/mol. The van der Waals surface area contributed by atoms with Crippen LogP contribution in [0.15, 0.2) is 18.2 Å². The highest BCUT2D eigenvalue weighted by atomic mass is 16.5. The van der Waals surface area contributed by atoms with Crippen LogP contribution in [0.1, 0.15) is 19.4 Å². The Morgan fingerprint density at radius 3 is 2.50 bits per heavy atom. The molecule has 0 bridgehead atoms. The van der Waals surface area contributed by atoms with Gasteiger partial charge in [0.05, 0.1) is 12.2 Å². The third-order valence-electron chi connectivity index (χ3n) is 3.11. The Kier molecular flexibility index (Phi) is 3.06. The molecular weight excluding hydrogens is 200 g/mol. The number of ether oxygens (including phenoxy) is 1. The Hall–Kier alpha value is -1.22. The van der Waals surface area contributed by atoms with Crippen LogP contribution in [0.2, 0.25) is 0 Å². The highest BCUT2D eigenvalue weighted by Crippen LogP contribution is 2.27. The van der Waals surface area contributed by atoms with Crippen molar-refractivity contribution in [2.45, 2.75) is 33.0 Å². The SMILES string of the molecule is Cc1c(N)cccc1N1C[C@@H](C)O[C@@H](C)C1. The van der Waals surface area contributed by atoms with Crippen LogP contribution < -0.4 is 10.6 Å². The lowest BCUT2D eigenvalue weighted by Gasteiger charge is -2.37. The van der Waals surface area contributed by atoms with Gasteiger partial charge in [-0.1, -0.05) is 6.07 Å². The van der Waals surface area contributed by atoms with Crippen LogP contribution in [0.3, 0.4) is 0 Å². The second kappa shape index (κ2) is 4.34. The average molecular weight is 220 g/mol. The zero-order valence-corrected chi connectivity index (χ0v) is 10.2. The van der Waals surface area contributed by atoms with Crippen LogP contribution in [-0.4, -0.2) is 25.3 Å². The van der Waals surface area contributed by atoms with E-state index < -0.39 is 0 Å². The molecule has 3 nitrogen and oxygen atoms in total. The van der Waals surface area contributed by atoms with Gasteiger partial charge in [0.2, 0.25) is 0 Å². The van der Waals surface area contributed by atoms with Crippen molar-refractivity contribution in [2.75, 3.05) is 23.7 Å². The van der Waals surface area contributed by atoms with Crippen LogP contribution in [0.5, 0.6) is 0 Å². The van der Waals surface area contributed by atoms with Gasteiger partial charge in [0.25, 0.3) is 0 Å². The van der Waals surface area contributed by atoms with E-state index in [1.54, 1.807) is 0 Å². The first-order chi connectivity index (χ1) is 7.58. The van der Waals surface area contributed by atoms with E-state index in [0.717, 1.165) is 18.8 Å². The zero-order valence-electron chi connectivity index (χ0n) is 10.2. The van der Waals surface area contributed by atoms with Crippen molar-refractivity contribution < 1.29 is 4.74 Å². The minimum Gasteiger partial charge on any atom is -0.398 e. The van der Waals surface area contributed by atoms with Gasteiger partial charge in [-0.3, -0.25) is 0 Å². The molecule has 16 heavy (non-hydrogen) atoms. The molecule has 2 N–H and O–H groups in total. The van der Waals surface area contributed by atoms with Crippen LogP contribution in [-0.2, 0) is 4.74 Å². The van der Waals surface area contributed by atoms with Gasteiger partial charge in [0.1, 0.15) is 0 Å². The molecule has 0 amide bonds. The summed E-state index contributed by atoms with van der Waals surface area (Å²) in [6.45, 7) is 8.19. The van der Waals surface area contributed by atoms with Crippen molar-refractivity contribution in [3.05, 3.63) is 23.8 Å². The van der Waals surface area contributed by atoms with E-state index in [4.69, 9.17) is 10.5 Å². The lowest BCUT2D eigenvalue weighted by molar-refractivity contribution is -0.00524. The molecule has 0 aromatic heterocycles. The zero-order chi connectivity index (χ0) is 11.7. The molecule has 1 saturated heterocycles. The highest BCUT2D eigenvalue weighted by Gasteiger charge is 2.23. The number of nitrogens with zero attached hydrogens (tertiary/aromatic N) is 1. The number of benzene rings is 1. The number of hydrogen-bond acceptors (Lipinski definition) is 3. The van der Waals surface area contributed by atoms with E-state index in [9.17, 15) is 0 Å². The van der Waals surface area contributed by atoms with Crippen LogP contribution >= 0.6 is 0 Å². The molecule has 1 aliphatic rings. The van der Waals surface area contributed by atoms with Gasteiger partial charge in [-0.15, -0.1) is 0 Å². The Morgan fingerprint density at radius 1 is 1.25 bits per heavy atom. The topological polar surface area (TPSA) is 38.5 Å². The number of morpholine rings is 1. The molecule has 0 radical (unpaired) electrons. The summed E-state index contributed by atoms with van der Waals surface area (Å²) in [5.41, 5.74) is 9.21. The van der Waals surface area contributed by atoms with Crippen LogP contribution in [0.25, 0.3) is 0 Å². The average Bonchev–Trinajstić information content (AvgIpc) is 2.20. The molecule has 3 heteroatoms. The van der Waals surface area contributed by atoms with Gasteiger partial charge in [0, 0.05) is 24.5 Å². The van der Waals surface area contributed by atoms with Crippen molar-refractivity contribution in [3.63, 3.8) is 0 Å². The Bertz CT molecular complexity index is 368. The molecule has 88 valence electrons. The maximum absolute atomic E-state index is 5.94. The van der Waals surface area contributed by atoms with Crippen molar-refractivity contribution in [1.29, 1.82) is 0 Å². The first-order valence-electron chi connectivity index (χ1n) is 5.83. The minimum absolute atomic E-state index is 0.282. The first-order valence-corrected chi connectivity index (χ1v) is 5.83. The molecule has 0 unspecified atom stereocenters. The molecule has 1 aromatic rings. The predicted octanol–water partition coefficient (Wildman–Crippen LogP) is 2.19. The van der Waals surface area contributed by atoms with E-state index in [0.29, 0.717) is 0 Å². The fraction of sp³-hybridized carbons (Fsp3) is 0.538. The molecular formula is C13H20N2O. The van der Waals surface area contributed by atoms with E-state index in [1.165, 1.54) is 11.3 Å². The summed E-state index contributed by atoms with van der Waals surface area (Å²) in [6, 6.07) is 6.10.